The van der Waals surface area contributed by atoms with Crippen LogP contribution in [0.1, 0.15) is 31.7 Å². The lowest BCUT2D eigenvalue weighted by Gasteiger charge is -2.21. The zero-order valence-corrected chi connectivity index (χ0v) is 24.0. The summed E-state index contributed by atoms with van der Waals surface area (Å²) >= 11 is 15.6. The lowest BCUT2D eigenvalue weighted by atomic mass is 10.2. The maximum atomic E-state index is 10.6. The van der Waals surface area contributed by atoms with E-state index in [4.69, 9.17) is 66.2 Å². The van der Waals surface area contributed by atoms with Crippen LogP contribution in [0.5, 0.6) is 0 Å². The molecule has 40 heavy (non-hydrogen) atoms. The number of imidazole rings is 2. The Morgan fingerprint density at radius 2 is 1.52 bits per heavy atom. The minimum Gasteiger partial charge on any atom is -0.388 e. The van der Waals surface area contributed by atoms with E-state index in [1.54, 1.807) is 15.5 Å². The van der Waals surface area contributed by atoms with E-state index in [1.807, 2.05) is 0 Å². The molecule has 2 aliphatic rings. The maximum Gasteiger partial charge on any atom is 0.324 e. The van der Waals surface area contributed by atoms with Crippen LogP contribution in [0.3, 0.4) is 0 Å². The summed E-state index contributed by atoms with van der Waals surface area (Å²) in [6, 6.07) is 0. The van der Waals surface area contributed by atoms with Crippen LogP contribution in [0, 0.1) is 9.28 Å². The molecule has 214 valence electrons. The molecule has 0 bridgehead atoms. The van der Waals surface area contributed by atoms with Gasteiger partial charge in [0.1, 0.15) is 34.7 Å². The summed E-state index contributed by atoms with van der Waals surface area (Å²) in [4.78, 5) is 33.0. The van der Waals surface area contributed by atoms with Gasteiger partial charge in [-0.1, -0.05) is 24.4 Å². The average molecular weight is 629 g/mol. The fourth-order valence-electron chi connectivity index (χ4n) is 4.81. The Bertz CT molecular complexity index is 1740. The number of hydrogen-bond acceptors (Lipinski definition) is 14. The van der Waals surface area contributed by atoms with Crippen LogP contribution in [-0.2, 0) is 30.3 Å². The third-order valence-corrected chi connectivity index (χ3v) is 8.76. The standard InChI is InChI=1S/C20H25N10O6PS3/c21-19-25-14-12(16(38)27-19)23-6-29(14)11-2-1-8(35-11)4-33-37(32,40)34-5-9-3-10(31)18(36-9)30-7-24-13-15(30)26-20(22)28-17(13)39/h6-11,18,31H,1-5H2,(H,32,40)(H3,21,25,27,38)(H3,22,26,28,39)/t8-,9-,10-,11+,18?,37?/m0/s1. The molecule has 2 unspecified atom stereocenters. The summed E-state index contributed by atoms with van der Waals surface area (Å²) in [5, 5.41) is 10.6. The summed E-state index contributed by atoms with van der Waals surface area (Å²) < 4.78 is 27.1. The minimum absolute atomic E-state index is 0.0309. The van der Waals surface area contributed by atoms with Gasteiger partial charge in [-0.3, -0.25) is 9.13 Å². The van der Waals surface area contributed by atoms with Gasteiger partial charge in [-0.15, -0.1) is 0 Å². The number of nitrogens with two attached hydrogens (primary N) is 2. The average Bonchev–Trinajstić information content (AvgIpc) is 3.67. The fraction of sp³-hybridized carbons (Fsp3) is 0.500. The topological polar surface area (TPSA) is 222 Å². The van der Waals surface area contributed by atoms with Crippen molar-refractivity contribution in [1.29, 1.82) is 0 Å². The van der Waals surface area contributed by atoms with E-state index in [1.165, 1.54) is 6.33 Å². The van der Waals surface area contributed by atoms with Crippen molar-refractivity contribution < 1.29 is 28.5 Å². The zero-order chi connectivity index (χ0) is 28.2. The normalized spacial score (nSPS) is 26.6. The highest BCUT2D eigenvalue weighted by Crippen LogP contribution is 2.46. The lowest BCUT2D eigenvalue weighted by Crippen LogP contribution is -2.20. The molecule has 0 radical (unpaired) electrons. The number of H-pyrrole nitrogens is 2. The third kappa shape index (κ3) is 5.41. The van der Waals surface area contributed by atoms with Crippen LogP contribution in [0.4, 0.5) is 11.9 Å². The number of aliphatic hydroxyl groups is 1. The molecule has 0 amide bonds. The second-order valence-corrected chi connectivity index (χ2v) is 13.0. The Balaban J connectivity index is 1.03. The van der Waals surface area contributed by atoms with Crippen molar-refractivity contribution in [3.8, 4) is 0 Å². The molecular formula is C20H25N10O6PS3. The van der Waals surface area contributed by atoms with Crippen LogP contribution < -0.4 is 11.5 Å². The number of ether oxygens (including phenoxy) is 2. The number of nitrogens with zero attached hydrogens (tertiary/aromatic N) is 6. The molecule has 0 aliphatic carbocycles. The second kappa shape index (κ2) is 10.8. The fourth-order valence-corrected chi connectivity index (χ4v) is 6.46. The largest absolute Gasteiger partial charge is 0.388 e. The Labute approximate surface area is 240 Å². The molecule has 2 saturated heterocycles. The number of nitrogens with one attached hydrogen (secondary N) is 2. The number of nitrogen functional groups attached to an aromatic ring is 2. The highest BCUT2D eigenvalue weighted by molar-refractivity contribution is 8.07. The van der Waals surface area contributed by atoms with Crippen molar-refractivity contribution in [1.82, 2.24) is 39.0 Å². The molecule has 4 aromatic heterocycles. The molecule has 0 saturated carbocycles. The Kier molecular flexibility index (Phi) is 7.45. The van der Waals surface area contributed by atoms with Crippen molar-refractivity contribution in [2.75, 3.05) is 24.7 Å². The van der Waals surface area contributed by atoms with E-state index >= 15 is 0 Å². The van der Waals surface area contributed by atoms with Gasteiger partial charge in [0, 0.05) is 6.42 Å². The van der Waals surface area contributed by atoms with Crippen molar-refractivity contribution in [2.45, 2.75) is 50.0 Å². The molecule has 6 atom stereocenters. The summed E-state index contributed by atoms with van der Waals surface area (Å²) in [5.41, 5.74) is 13.6. The molecule has 6 heterocycles. The minimum atomic E-state index is -3.62. The molecule has 6 rings (SSSR count). The molecule has 4 aromatic rings. The number of anilines is 2. The van der Waals surface area contributed by atoms with Crippen molar-refractivity contribution in [3.05, 3.63) is 21.9 Å². The van der Waals surface area contributed by atoms with E-state index in [0.29, 0.717) is 39.8 Å². The van der Waals surface area contributed by atoms with Crippen LogP contribution >= 0.6 is 31.2 Å². The third-order valence-electron chi connectivity index (χ3n) is 6.61. The van der Waals surface area contributed by atoms with E-state index < -0.39 is 25.2 Å². The number of rotatable bonds is 8. The van der Waals surface area contributed by atoms with Gasteiger partial charge in [-0.2, -0.15) is 0 Å². The van der Waals surface area contributed by atoms with E-state index in [2.05, 4.69) is 29.9 Å². The van der Waals surface area contributed by atoms with Gasteiger partial charge in [0.2, 0.25) is 0 Å². The Morgan fingerprint density at radius 3 is 2.17 bits per heavy atom. The van der Waals surface area contributed by atoms with Gasteiger partial charge in [0.05, 0.1) is 38.1 Å². The smallest absolute Gasteiger partial charge is 0.324 e. The zero-order valence-electron chi connectivity index (χ0n) is 20.6. The molecule has 0 spiro atoms. The van der Waals surface area contributed by atoms with Crippen LogP contribution in [0.15, 0.2) is 12.7 Å². The molecule has 2 aliphatic heterocycles. The summed E-state index contributed by atoms with van der Waals surface area (Å²) in [7, 11) is 0. The highest BCUT2D eigenvalue weighted by Gasteiger charge is 2.37. The number of aliphatic hydroxyl groups excluding tert-OH is 1. The summed E-state index contributed by atoms with van der Waals surface area (Å²) in [6.45, 7) is -3.67. The van der Waals surface area contributed by atoms with Crippen LogP contribution in [0.2, 0.25) is 0 Å². The first kappa shape index (κ1) is 27.7. The maximum absolute atomic E-state index is 10.6. The Hall–Kier alpha value is -2.45. The predicted molar refractivity (Wildman–Crippen MR) is 150 cm³/mol. The summed E-state index contributed by atoms with van der Waals surface area (Å²) in [5.74, 6) is 0.302. The monoisotopic (exact) mass is 628 g/mol. The number of aromatic amines is 2. The lowest BCUT2D eigenvalue weighted by molar-refractivity contribution is -0.0491. The van der Waals surface area contributed by atoms with Crippen LogP contribution in [0.25, 0.3) is 22.3 Å². The van der Waals surface area contributed by atoms with Crippen molar-refractivity contribution >= 4 is 77.2 Å². The quantitative estimate of drug-likeness (QED) is 0.121. The Morgan fingerprint density at radius 1 is 0.950 bits per heavy atom. The first-order chi connectivity index (χ1) is 19.1. The predicted octanol–water partition coefficient (Wildman–Crippen LogP) is 1.73. The molecule has 16 nitrogen and oxygen atoms in total. The van der Waals surface area contributed by atoms with E-state index in [-0.39, 0.29) is 48.5 Å². The summed E-state index contributed by atoms with van der Waals surface area (Å²) in [6.07, 6.45) is 1.74. The van der Waals surface area contributed by atoms with E-state index in [0.717, 1.165) is 0 Å². The molecule has 20 heteroatoms. The number of hydrogen-bond donors (Lipinski definition) is 6. The number of fused-ring (bicyclic) bond motifs is 2. The van der Waals surface area contributed by atoms with Gasteiger partial charge in [0.15, 0.2) is 27.4 Å². The SMILES string of the molecule is Nc1nc(=S)c2ncn(C3O[C@H](COP(O)(=S)OC[C@@H]4CC[C@H](n5cnc6c(=S)nc(N)[nH]c65)O4)C[C@@H]3O)c2[nH]1. The van der Waals surface area contributed by atoms with Gasteiger partial charge in [-0.25, -0.2) is 19.9 Å². The van der Waals surface area contributed by atoms with Gasteiger partial charge in [0.25, 0.3) is 0 Å². The second-order valence-electron chi connectivity index (χ2n) is 9.35. The number of aromatic nitrogens is 8. The van der Waals surface area contributed by atoms with Gasteiger partial charge < -0.3 is 50.0 Å². The van der Waals surface area contributed by atoms with E-state index in [9.17, 15) is 10.00 Å². The molecular weight excluding hydrogens is 603 g/mol. The van der Waals surface area contributed by atoms with Crippen molar-refractivity contribution in [2.24, 2.45) is 0 Å². The first-order valence-corrected chi connectivity index (χ1v) is 15.5. The van der Waals surface area contributed by atoms with Crippen LogP contribution in [-0.4, -0.2) is 80.6 Å². The van der Waals surface area contributed by atoms with Gasteiger partial charge >= 0.3 is 6.72 Å². The highest BCUT2D eigenvalue weighted by atomic mass is 32.5. The molecule has 2 fully saturated rings. The van der Waals surface area contributed by atoms with Crippen molar-refractivity contribution in [3.63, 3.8) is 0 Å². The van der Waals surface area contributed by atoms with Gasteiger partial charge in [-0.05, 0) is 24.6 Å². The molecule has 8 N–H and O–H groups in total. The first-order valence-electron chi connectivity index (χ1n) is 12.1. The molecule has 0 aromatic carbocycles.